The normalized spacial score (nSPS) is 31.7. The molecule has 2 fully saturated rings. The van der Waals surface area contributed by atoms with E-state index < -0.39 is 0 Å². The highest BCUT2D eigenvalue weighted by Gasteiger charge is 2.26. The molecular weight excluding hydrogens is 190 g/mol. The van der Waals surface area contributed by atoms with Crippen molar-refractivity contribution in [3.8, 4) is 0 Å². The standard InChI is InChI=1S/C8H15N3O.ClH/c12-8(7-2-4-10-7)11-6-1-3-9-5-6;/h6-7,9-10H,1-5H2,(H,11,12);1H/t6?,7-;/m1./s1. The summed E-state index contributed by atoms with van der Waals surface area (Å²) in [7, 11) is 0. The van der Waals surface area contributed by atoms with Crippen molar-refractivity contribution in [2.45, 2.75) is 24.9 Å². The van der Waals surface area contributed by atoms with Crippen LogP contribution in [0.5, 0.6) is 0 Å². The van der Waals surface area contributed by atoms with Crippen LogP contribution in [0.3, 0.4) is 0 Å². The van der Waals surface area contributed by atoms with Gasteiger partial charge in [-0.15, -0.1) is 12.4 Å². The Morgan fingerprint density at radius 1 is 1.31 bits per heavy atom. The van der Waals surface area contributed by atoms with Gasteiger partial charge in [0.15, 0.2) is 0 Å². The fraction of sp³-hybridized carbons (Fsp3) is 0.875. The molecule has 1 unspecified atom stereocenters. The lowest BCUT2D eigenvalue weighted by Crippen LogP contribution is -2.55. The first-order valence-electron chi connectivity index (χ1n) is 4.61. The van der Waals surface area contributed by atoms with Crippen LogP contribution in [0.4, 0.5) is 0 Å². The molecule has 1 amide bonds. The SMILES string of the molecule is Cl.O=C(NC1CCNC1)[C@H]1CCN1. The average molecular weight is 206 g/mol. The van der Waals surface area contributed by atoms with E-state index in [0.717, 1.165) is 32.5 Å². The third-order valence-corrected chi connectivity index (χ3v) is 2.55. The maximum absolute atomic E-state index is 11.4. The van der Waals surface area contributed by atoms with Crippen LogP contribution in [0, 0.1) is 0 Å². The molecule has 2 aliphatic rings. The molecule has 2 heterocycles. The maximum atomic E-state index is 11.4. The van der Waals surface area contributed by atoms with Crippen molar-refractivity contribution in [1.82, 2.24) is 16.0 Å². The van der Waals surface area contributed by atoms with E-state index in [1.165, 1.54) is 0 Å². The molecule has 0 spiro atoms. The van der Waals surface area contributed by atoms with E-state index in [4.69, 9.17) is 0 Å². The topological polar surface area (TPSA) is 53.2 Å². The number of rotatable bonds is 2. The lowest BCUT2D eigenvalue weighted by atomic mass is 10.1. The molecule has 2 aliphatic heterocycles. The molecule has 0 aliphatic carbocycles. The summed E-state index contributed by atoms with van der Waals surface area (Å²) in [5, 5.41) is 9.32. The van der Waals surface area contributed by atoms with Gasteiger partial charge in [-0.1, -0.05) is 0 Å². The first-order chi connectivity index (χ1) is 5.86. The number of hydrogen-bond donors (Lipinski definition) is 3. The van der Waals surface area contributed by atoms with Crippen molar-refractivity contribution in [1.29, 1.82) is 0 Å². The second-order valence-corrected chi connectivity index (χ2v) is 3.49. The molecule has 2 atom stereocenters. The Kier molecular flexibility index (Phi) is 3.96. The van der Waals surface area contributed by atoms with Crippen LogP contribution in [-0.4, -0.2) is 37.6 Å². The summed E-state index contributed by atoms with van der Waals surface area (Å²) in [4.78, 5) is 11.4. The molecule has 4 nitrogen and oxygen atoms in total. The van der Waals surface area contributed by atoms with Crippen molar-refractivity contribution in [3.05, 3.63) is 0 Å². The van der Waals surface area contributed by atoms with Gasteiger partial charge in [-0.2, -0.15) is 0 Å². The predicted octanol–water partition coefficient (Wildman–Crippen LogP) is -0.752. The van der Waals surface area contributed by atoms with Crippen molar-refractivity contribution in [2.75, 3.05) is 19.6 Å². The van der Waals surface area contributed by atoms with Gasteiger partial charge in [0.25, 0.3) is 0 Å². The lowest BCUT2D eigenvalue weighted by molar-refractivity contribution is -0.125. The van der Waals surface area contributed by atoms with E-state index >= 15 is 0 Å². The monoisotopic (exact) mass is 205 g/mol. The van der Waals surface area contributed by atoms with Gasteiger partial charge >= 0.3 is 0 Å². The summed E-state index contributed by atoms with van der Waals surface area (Å²) in [6.07, 6.45) is 2.06. The van der Waals surface area contributed by atoms with Crippen LogP contribution in [-0.2, 0) is 4.79 Å². The number of halogens is 1. The smallest absolute Gasteiger partial charge is 0.237 e. The van der Waals surface area contributed by atoms with Crippen LogP contribution in [0.25, 0.3) is 0 Å². The molecule has 5 heteroatoms. The third-order valence-electron chi connectivity index (χ3n) is 2.55. The Hall–Kier alpha value is -0.320. The molecule has 0 radical (unpaired) electrons. The molecule has 0 aromatic rings. The minimum atomic E-state index is 0. The lowest BCUT2D eigenvalue weighted by Gasteiger charge is -2.27. The minimum Gasteiger partial charge on any atom is -0.351 e. The number of nitrogens with one attached hydrogen (secondary N) is 3. The summed E-state index contributed by atoms with van der Waals surface area (Å²) >= 11 is 0. The Balaban J connectivity index is 0.000000845. The van der Waals surface area contributed by atoms with Gasteiger partial charge in [0.2, 0.25) is 5.91 Å². The van der Waals surface area contributed by atoms with Gasteiger partial charge in [-0.05, 0) is 25.9 Å². The summed E-state index contributed by atoms with van der Waals surface area (Å²) in [6.45, 7) is 2.95. The predicted molar refractivity (Wildman–Crippen MR) is 53.1 cm³/mol. The van der Waals surface area contributed by atoms with Crippen LogP contribution < -0.4 is 16.0 Å². The zero-order valence-corrected chi connectivity index (χ0v) is 8.32. The molecule has 3 N–H and O–H groups in total. The molecule has 0 saturated carbocycles. The molecule has 76 valence electrons. The molecule has 0 bridgehead atoms. The molecule has 0 aromatic carbocycles. The number of carbonyl (C=O) groups excluding carboxylic acids is 1. The zero-order chi connectivity index (χ0) is 8.39. The van der Waals surface area contributed by atoms with Crippen molar-refractivity contribution >= 4 is 18.3 Å². The van der Waals surface area contributed by atoms with E-state index in [0.29, 0.717) is 6.04 Å². The second-order valence-electron chi connectivity index (χ2n) is 3.49. The van der Waals surface area contributed by atoms with E-state index in [1.54, 1.807) is 0 Å². The zero-order valence-electron chi connectivity index (χ0n) is 7.51. The fourth-order valence-corrected chi connectivity index (χ4v) is 1.59. The Morgan fingerprint density at radius 2 is 2.08 bits per heavy atom. The van der Waals surface area contributed by atoms with Gasteiger partial charge in [0, 0.05) is 12.6 Å². The van der Waals surface area contributed by atoms with Crippen molar-refractivity contribution in [2.24, 2.45) is 0 Å². The van der Waals surface area contributed by atoms with E-state index in [1.807, 2.05) is 0 Å². The number of carbonyl (C=O) groups is 1. The number of amides is 1. The highest BCUT2D eigenvalue weighted by Crippen LogP contribution is 2.03. The molecule has 0 aromatic heterocycles. The summed E-state index contributed by atoms with van der Waals surface area (Å²) in [5.74, 6) is 0.176. The first kappa shape index (κ1) is 10.8. The van der Waals surface area contributed by atoms with Gasteiger partial charge in [-0.25, -0.2) is 0 Å². The van der Waals surface area contributed by atoms with Crippen LogP contribution in [0.15, 0.2) is 0 Å². The molecule has 2 rings (SSSR count). The summed E-state index contributed by atoms with van der Waals surface area (Å²) in [5.41, 5.74) is 0. The van der Waals surface area contributed by atoms with Crippen LogP contribution >= 0.6 is 12.4 Å². The average Bonchev–Trinajstić information content (AvgIpc) is 2.34. The fourth-order valence-electron chi connectivity index (χ4n) is 1.59. The summed E-state index contributed by atoms with van der Waals surface area (Å²) < 4.78 is 0. The van der Waals surface area contributed by atoms with Crippen LogP contribution in [0.1, 0.15) is 12.8 Å². The first-order valence-corrected chi connectivity index (χ1v) is 4.61. The third kappa shape index (κ3) is 2.56. The molecule has 13 heavy (non-hydrogen) atoms. The number of hydrogen-bond acceptors (Lipinski definition) is 3. The summed E-state index contributed by atoms with van der Waals surface area (Å²) in [6, 6.07) is 0.450. The van der Waals surface area contributed by atoms with Gasteiger partial charge in [0.1, 0.15) is 0 Å². The van der Waals surface area contributed by atoms with E-state index in [2.05, 4.69) is 16.0 Å². The van der Waals surface area contributed by atoms with Gasteiger partial charge in [0.05, 0.1) is 6.04 Å². The quantitative estimate of drug-likeness (QED) is 0.556. The van der Waals surface area contributed by atoms with Crippen molar-refractivity contribution in [3.63, 3.8) is 0 Å². The highest BCUT2D eigenvalue weighted by atomic mass is 35.5. The second kappa shape index (κ2) is 4.79. The van der Waals surface area contributed by atoms with Crippen molar-refractivity contribution < 1.29 is 4.79 Å². The molecule has 2 saturated heterocycles. The van der Waals surface area contributed by atoms with Crippen LogP contribution in [0.2, 0.25) is 0 Å². The Bertz CT molecular complexity index is 178. The minimum absolute atomic E-state index is 0. The molecular formula is C8H16ClN3O. The Morgan fingerprint density at radius 3 is 2.54 bits per heavy atom. The van der Waals surface area contributed by atoms with Gasteiger partial charge < -0.3 is 16.0 Å². The van der Waals surface area contributed by atoms with Gasteiger partial charge in [-0.3, -0.25) is 4.79 Å². The largest absolute Gasteiger partial charge is 0.351 e. The maximum Gasteiger partial charge on any atom is 0.237 e. The Labute approximate surface area is 84.2 Å². The highest BCUT2D eigenvalue weighted by molar-refractivity contribution is 5.85. The van der Waals surface area contributed by atoms with E-state index in [-0.39, 0.29) is 24.4 Å². The van der Waals surface area contributed by atoms with E-state index in [9.17, 15) is 4.79 Å².